The van der Waals surface area contributed by atoms with Gasteiger partial charge in [-0.05, 0) is 68.7 Å². The van der Waals surface area contributed by atoms with Crippen molar-refractivity contribution >= 4 is 0 Å². The van der Waals surface area contributed by atoms with Gasteiger partial charge >= 0.3 is 0 Å². The molecule has 7 unspecified atom stereocenters. The average molecular weight is 275 g/mol. The number of hydrogen-bond donors (Lipinski definition) is 0. The molecule has 3 rings (SSSR count). The normalized spacial score (nSPS) is 48.8. The van der Waals surface area contributed by atoms with Crippen molar-refractivity contribution in [3.8, 4) is 0 Å². The molecule has 0 amide bonds. The van der Waals surface area contributed by atoms with E-state index in [0.29, 0.717) is 0 Å². The minimum absolute atomic E-state index is 0.902. The lowest BCUT2D eigenvalue weighted by Crippen LogP contribution is -2.26. The predicted molar refractivity (Wildman–Crippen MR) is 86.7 cm³/mol. The Labute approximate surface area is 125 Å². The lowest BCUT2D eigenvalue weighted by atomic mass is 9.71. The second kappa shape index (κ2) is 5.83. The molecule has 1 aliphatic heterocycles. The molecule has 1 heteroatoms. The van der Waals surface area contributed by atoms with Crippen LogP contribution in [0.4, 0.5) is 0 Å². The van der Waals surface area contributed by atoms with Gasteiger partial charge in [0.1, 0.15) is 0 Å². The van der Waals surface area contributed by atoms with E-state index in [2.05, 4.69) is 38.8 Å². The van der Waals surface area contributed by atoms with Crippen molar-refractivity contribution in [2.24, 2.45) is 29.6 Å². The molecule has 20 heavy (non-hydrogen) atoms. The van der Waals surface area contributed by atoms with Crippen LogP contribution in [0.15, 0.2) is 11.6 Å². The summed E-state index contributed by atoms with van der Waals surface area (Å²) in [5.74, 6) is 4.74. The Morgan fingerprint density at radius 2 is 1.85 bits per heavy atom. The summed E-state index contributed by atoms with van der Waals surface area (Å²) in [5.41, 5.74) is 1.81. The van der Waals surface area contributed by atoms with E-state index in [1.165, 1.54) is 45.1 Å². The first-order valence-electron chi connectivity index (χ1n) is 8.92. The summed E-state index contributed by atoms with van der Waals surface area (Å²) < 4.78 is 0. The fraction of sp³-hybridized carbons (Fsp3) is 0.895. The van der Waals surface area contributed by atoms with Gasteiger partial charge < -0.3 is 4.90 Å². The van der Waals surface area contributed by atoms with Gasteiger partial charge in [0.25, 0.3) is 0 Å². The molecular weight excluding hydrogens is 242 g/mol. The lowest BCUT2D eigenvalue weighted by Gasteiger charge is -2.35. The predicted octanol–water partition coefficient (Wildman–Crippen LogP) is 4.74. The Bertz CT molecular complexity index is 372. The van der Waals surface area contributed by atoms with Crippen LogP contribution in [0, 0.1) is 29.6 Å². The molecule has 0 aromatic rings. The molecule has 0 radical (unpaired) electrons. The number of rotatable bonds is 3. The standard InChI is InChI=1S/C19H33N/c1-13-5-7-16(9-15(13)3)10-17-8-6-14(2)18(11-17)19-12-20(19)4/h8,13-16,18-19H,5-7,9-12H2,1-4H3. The first-order chi connectivity index (χ1) is 9.54. The van der Waals surface area contributed by atoms with E-state index in [9.17, 15) is 0 Å². The van der Waals surface area contributed by atoms with Crippen molar-refractivity contribution in [1.82, 2.24) is 4.90 Å². The maximum atomic E-state index is 2.60. The second-order valence-electron chi connectivity index (χ2n) is 8.29. The summed E-state index contributed by atoms with van der Waals surface area (Å²) in [5, 5.41) is 0. The van der Waals surface area contributed by atoms with Crippen LogP contribution in [0.1, 0.15) is 59.3 Å². The minimum Gasteiger partial charge on any atom is -0.300 e. The van der Waals surface area contributed by atoms with E-state index in [1.54, 1.807) is 5.57 Å². The lowest BCUT2D eigenvalue weighted by molar-refractivity contribution is 0.202. The monoisotopic (exact) mass is 275 g/mol. The topological polar surface area (TPSA) is 3.01 Å². The van der Waals surface area contributed by atoms with Crippen LogP contribution in [0.3, 0.4) is 0 Å². The van der Waals surface area contributed by atoms with Crippen LogP contribution in [0.25, 0.3) is 0 Å². The highest BCUT2D eigenvalue weighted by atomic mass is 15.3. The molecule has 0 bridgehead atoms. The zero-order valence-corrected chi connectivity index (χ0v) is 13.9. The zero-order valence-electron chi connectivity index (χ0n) is 13.9. The van der Waals surface area contributed by atoms with Crippen molar-refractivity contribution in [2.45, 2.75) is 65.3 Å². The summed E-state index contributed by atoms with van der Waals surface area (Å²) in [4.78, 5) is 2.54. The first-order valence-corrected chi connectivity index (χ1v) is 8.92. The van der Waals surface area contributed by atoms with Crippen LogP contribution >= 0.6 is 0 Å². The summed E-state index contributed by atoms with van der Waals surface area (Å²) in [6.07, 6.45) is 11.2. The second-order valence-corrected chi connectivity index (χ2v) is 8.29. The van der Waals surface area contributed by atoms with Crippen molar-refractivity contribution in [3.05, 3.63) is 11.6 Å². The highest BCUT2D eigenvalue weighted by Crippen LogP contribution is 2.42. The molecule has 3 aliphatic rings. The number of likely N-dealkylation sites (N-methyl/N-ethyl adjacent to an activating group) is 1. The summed E-state index contributed by atoms with van der Waals surface area (Å²) in [7, 11) is 2.29. The summed E-state index contributed by atoms with van der Waals surface area (Å²) in [6.45, 7) is 8.73. The Hall–Kier alpha value is -0.300. The van der Waals surface area contributed by atoms with Crippen LogP contribution in [0.5, 0.6) is 0 Å². The molecule has 2 fully saturated rings. The van der Waals surface area contributed by atoms with Crippen molar-refractivity contribution in [2.75, 3.05) is 13.6 Å². The Morgan fingerprint density at radius 1 is 1.10 bits per heavy atom. The van der Waals surface area contributed by atoms with Crippen molar-refractivity contribution < 1.29 is 0 Å². The van der Waals surface area contributed by atoms with Gasteiger partial charge in [0, 0.05) is 12.6 Å². The molecule has 114 valence electrons. The zero-order chi connectivity index (χ0) is 14.3. The van der Waals surface area contributed by atoms with E-state index in [1.807, 2.05) is 0 Å². The molecule has 0 aromatic heterocycles. The van der Waals surface area contributed by atoms with E-state index in [-0.39, 0.29) is 0 Å². The summed E-state index contributed by atoms with van der Waals surface area (Å²) in [6, 6.07) is 0.902. The summed E-state index contributed by atoms with van der Waals surface area (Å²) >= 11 is 0. The number of allylic oxidation sites excluding steroid dienone is 2. The van der Waals surface area contributed by atoms with Gasteiger partial charge in [-0.3, -0.25) is 0 Å². The van der Waals surface area contributed by atoms with Crippen LogP contribution in [-0.2, 0) is 0 Å². The maximum Gasteiger partial charge on any atom is 0.0254 e. The van der Waals surface area contributed by atoms with E-state index in [0.717, 1.165) is 35.6 Å². The molecule has 0 aromatic carbocycles. The van der Waals surface area contributed by atoms with E-state index >= 15 is 0 Å². The first kappa shape index (κ1) is 14.6. The average Bonchev–Trinajstić information content (AvgIpc) is 3.13. The van der Waals surface area contributed by atoms with Crippen LogP contribution in [0.2, 0.25) is 0 Å². The van der Waals surface area contributed by atoms with Crippen molar-refractivity contribution in [1.29, 1.82) is 0 Å². The quantitative estimate of drug-likeness (QED) is 0.531. The third-order valence-corrected chi connectivity index (χ3v) is 6.67. The van der Waals surface area contributed by atoms with Crippen molar-refractivity contribution in [3.63, 3.8) is 0 Å². The fourth-order valence-corrected chi connectivity index (χ4v) is 4.72. The molecule has 1 nitrogen and oxygen atoms in total. The van der Waals surface area contributed by atoms with Gasteiger partial charge in [-0.25, -0.2) is 0 Å². The molecule has 1 saturated heterocycles. The number of nitrogens with zero attached hydrogens (tertiary/aromatic N) is 1. The third kappa shape index (κ3) is 3.13. The van der Waals surface area contributed by atoms with E-state index in [4.69, 9.17) is 0 Å². The highest BCUT2D eigenvalue weighted by molar-refractivity contribution is 5.13. The smallest absolute Gasteiger partial charge is 0.0254 e. The SMILES string of the molecule is CC1CCC(CC2=CCC(C)C(C3CN3C)C2)CC1C. The number of hydrogen-bond acceptors (Lipinski definition) is 1. The molecule has 7 atom stereocenters. The van der Waals surface area contributed by atoms with Gasteiger partial charge in [0.2, 0.25) is 0 Å². The molecule has 0 spiro atoms. The Kier molecular flexibility index (Phi) is 4.26. The Balaban J connectivity index is 1.55. The van der Waals surface area contributed by atoms with Crippen LogP contribution < -0.4 is 0 Å². The van der Waals surface area contributed by atoms with Gasteiger partial charge in [0.05, 0.1) is 0 Å². The Morgan fingerprint density at radius 3 is 2.50 bits per heavy atom. The third-order valence-electron chi connectivity index (χ3n) is 6.67. The van der Waals surface area contributed by atoms with Crippen LogP contribution in [-0.4, -0.2) is 24.5 Å². The maximum absolute atomic E-state index is 2.60. The van der Waals surface area contributed by atoms with Gasteiger partial charge in [-0.1, -0.05) is 38.8 Å². The molecule has 1 saturated carbocycles. The highest BCUT2D eigenvalue weighted by Gasteiger charge is 2.41. The van der Waals surface area contributed by atoms with Gasteiger partial charge in [-0.15, -0.1) is 0 Å². The molecule has 0 N–H and O–H groups in total. The fourth-order valence-electron chi connectivity index (χ4n) is 4.72. The largest absolute Gasteiger partial charge is 0.300 e. The van der Waals surface area contributed by atoms with Gasteiger partial charge in [-0.2, -0.15) is 0 Å². The molecule has 1 heterocycles. The van der Waals surface area contributed by atoms with E-state index < -0.39 is 0 Å². The molecular formula is C19H33N. The van der Waals surface area contributed by atoms with Gasteiger partial charge in [0.15, 0.2) is 0 Å². The minimum atomic E-state index is 0.902. The molecule has 2 aliphatic carbocycles.